The second-order valence-electron chi connectivity index (χ2n) is 7.20. The first-order chi connectivity index (χ1) is 15.7. The predicted molar refractivity (Wildman–Crippen MR) is 113 cm³/mol. The Morgan fingerprint density at radius 1 is 1.24 bits per heavy atom. The fourth-order valence-corrected chi connectivity index (χ4v) is 3.20. The molecule has 0 unspecified atom stereocenters. The summed E-state index contributed by atoms with van der Waals surface area (Å²) in [6, 6.07) is 13.8. The number of nitrogens with zero attached hydrogens (tertiary/aromatic N) is 3. The molecule has 0 saturated carbocycles. The first-order valence-electron chi connectivity index (χ1n) is 9.84. The summed E-state index contributed by atoms with van der Waals surface area (Å²) < 4.78 is 34.1. The summed E-state index contributed by atoms with van der Waals surface area (Å²) in [6.07, 6.45) is -2.89. The predicted octanol–water partition coefficient (Wildman–Crippen LogP) is 4.41. The average molecular weight is 454 g/mol. The van der Waals surface area contributed by atoms with Crippen LogP contribution in [0.15, 0.2) is 48.5 Å². The number of carboxylic acid groups (broad SMARTS) is 1. The van der Waals surface area contributed by atoms with Gasteiger partial charge in [-0.15, -0.1) is 0 Å². The fourth-order valence-electron chi connectivity index (χ4n) is 3.20. The molecule has 1 aromatic heterocycles. The molecule has 170 valence electrons. The Hall–Kier alpha value is -4.26. The van der Waals surface area contributed by atoms with Gasteiger partial charge in [-0.1, -0.05) is 24.3 Å². The van der Waals surface area contributed by atoms with Gasteiger partial charge in [0.2, 0.25) is 5.88 Å². The topological polar surface area (TPSA) is 117 Å². The number of nitrogens with one attached hydrogen (secondary N) is 1. The van der Waals surface area contributed by atoms with E-state index < -0.39 is 35.6 Å². The number of ether oxygens (including phenoxy) is 1. The van der Waals surface area contributed by atoms with Crippen molar-refractivity contribution in [2.75, 3.05) is 0 Å². The number of rotatable bonds is 8. The minimum Gasteiger partial charge on any atom is -0.478 e. The molecule has 1 atom stereocenters. The Kier molecular flexibility index (Phi) is 7.03. The zero-order valence-corrected chi connectivity index (χ0v) is 17.8. The zero-order valence-electron chi connectivity index (χ0n) is 17.8. The Balaban J connectivity index is 1.90. The van der Waals surface area contributed by atoms with Crippen molar-refractivity contribution in [3.8, 4) is 17.7 Å². The summed E-state index contributed by atoms with van der Waals surface area (Å²) in [5.41, 5.74) is 0.191. The van der Waals surface area contributed by atoms with Crippen LogP contribution in [0.25, 0.3) is 0 Å². The number of amides is 1. The number of benzene rings is 2. The van der Waals surface area contributed by atoms with Crippen molar-refractivity contribution in [3.05, 3.63) is 76.5 Å². The lowest BCUT2D eigenvalue weighted by Crippen LogP contribution is -2.27. The molecular weight excluding hydrogens is 434 g/mol. The quantitative estimate of drug-likeness (QED) is 0.521. The highest BCUT2D eigenvalue weighted by molar-refractivity contribution is 5.98. The van der Waals surface area contributed by atoms with Gasteiger partial charge in [0.25, 0.3) is 12.3 Å². The molecule has 10 heteroatoms. The summed E-state index contributed by atoms with van der Waals surface area (Å²) >= 11 is 0. The van der Waals surface area contributed by atoms with Crippen molar-refractivity contribution >= 4 is 11.9 Å². The molecular formula is C23H20F2N4O4. The van der Waals surface area contributed by atoms with Gasteiger partial charge >= 0.3 is 5.97 Å². The number of aromatic carboxylic acids is 1. The second-order valence-corrected chi connectivity index (χ2v) is 7.20. The van der Waals surface area contributed by atoms with E-state index in [-0.39, 0.29) is 23.6 Å². The standard InChI is InChI=1S/C23H20F2N4O4/c1-13(15-6-8-16(9-7-15)23(31)32)27-21(30)18-19(20(24)25)28-29(2)22(18)33-17-5-3-4-14(12-17)10-11-26/h3-9,12-13,20H,10H2,1-2H3,(H,27,30)(H,31,32)/t13-/m0/s1. The largest absolute Gasteiger partial charge is 0.478 e. The van der Waals surface area contributed by atoms with E-state index in [9.17, 15) is 18.4 Å². The average Bonchev–Trinajstić information content (AvgIpc) is 3.10. The highest BCUT2D eigenvalue weighted by Crippen LogP contribution is 2.33. The van der Waals surface area contributed by atoms with Gasteiger partial charge in [0.1, 0.15) is 17.0 Å². The van der Waals surface area contributed by atoms with Gasteiger partial charge in [-0.3, -0.25) is 4.79 Å². The SMILES string of the molecule is C[C@H](NC(=O)c1c(C(F)F)nn(C)c1Oc1cccc(CC#N)c1)c1ccc(C(=O)O)cc1. The number of hydrogen-bond acceptors (Lipinski definition) is 5. The van der Waals surface area contributed by atoms with E-state index in [4.69, 9.17) is 15.1 Å². The molecule has 8 nitrogen and oxygen atoms in total. The number of halogens is 2. The third kappa shape index (κ3) is 5.33. The van der Waals surface area contributed by atoms with Crippen LogP contribution in [0.2, 0.25) is 0 Å². The molecule has 1 heterocycles. The highest BCUT2D eigenvalue weighted by atomic mass is 19.3. The Morgan fingerprint density at radius 3 is 2.55 bits per heavy atom. The molecule has 0 aliphatic rings. The Morgan fingerprint density at radius 2 is 1.94 bits per heavy atom. The molecule has 0 fully saturated rings. The third-order valence-corrected chi connectivity index (χ3v) is 4.86. The highest BCUT2D eigenvalue weighted by Gasteiger charge is 2.30. The molecule has 0 aliphatic heterocycles. The van der Waals surface area contributed by atoms with Crippen LogP contribution in [0.3, 0.4) is 0 Å². The zero-order chi connectivity index (χ0) is 24.1. The van der Waals surface area contributed by atoms with Crippen molar-refractivity contribution in [2.24, 2.45) is 7.05 Å². The van der Waals surface area contributed by atoms with Crippen molar-refractivity contribution in [1.82, 2.24) is 15.1 Å². The second kappa shape index (κ2) is 9.91. The van der Waals surface area contributed by atoms with Gasteiger partial charge in [0.05, 0.1) is 24.1 Å². The van der Waals surface area contributed by atoms with Crippen molar-refractivity contribution < 1.29 is 28.2 Å². The summed E-state index contributed by atoms with van der Waals surface area (Å²) in [7, 11) is 1.38. The summed E-state index contributed by atoms with van der Waals surface area (Å²) in [4.78, 5) is 24.0. The van der Waals surface area contributed by atoms with Crippen molar-refractivity contribution in [1.29, 1.82) is 5.26 Å². The smallest absolute Gasteiger partial charge is 0.335 e. The van der Waals surface area contributed by atoms with E-state index in [2.05, 4.69) is 10.4 Å². The molecule has 1 amide bonds. The lowest BCUT2D eigenvalue weighted by atomic mass is 10.1. The molecule has 2 aromatic carbocycles. The Labute approximate surface area is 188 Å². The number of nitriles is 1. The molecule has 33 heavy (non-hydrogen) atoms. The van der Waals surface area contributed by atoms with Gasteiger partial charge in [-0.05, 0) is 42.3 Å². The molecule has 0 saturated heterocycles. The third-order valence-electron chi connectivity index (χ3n) is 4.86. The minimum atomic E-state index is -3.02. The van der Waals surface area contributed by atoms with E-state index in [1.165, 1.54) is 31.3 Å². The molecule has 3 aromatic rings. The van der Waals surface area contributed by atoms with Gasteiger partial charge in [0.15, 0.2) is 0 Å². The van der Waals surface area contributed by atoms with Gasteiger partial charge in [-0.2, -0.15) is 10.4 Å². The lowest BCUT2D eigenvalue weighted by molar-refractivity contribution is 0.0696. The number of carbonyl (C=O) groups excluding carboxylic acids is 1. The number of carboxylic acids is 1. The summed E-state index contributed by atoms with van der Waals surface area (Å²) in [5.74, 6) is -1.82. The van der Waals surface area contributed by atoms with Crippen LogP contribution in [-0.2, 0) is 13.5 Å². The molecule has 0 spiro atoms. The molecule has 3 rings (SSSR count). The fraction of sp³-hybridized carbons (Fsp3) is 0.217. The monoisotopic (exact) mass is 454 g/mol. The molecule has 0 bridgehead atoms. The van der Waals surface area contributed by atoms with E-state index >= 15 is 0 Å². The van der Waals surface area contributed by atoms with Gasteiger partial charge < -0.3 is 15.2 Å². The van der Waals surface area contributed by atoms with E-state index in [0.29, 0.717) is 11.1 Å². The van der Waals surface area contributed by atoms with Crippen LogP contribution >= 0.6 is 0 Å². The van der Waals surface area contributed by atoms with E-state index in [1.54, 1.807) is 31.2 Å². The number of hydrogen-bond donors (Lipinski definition) is 2. The van der Waals surface area contributed by atoms with E-state index in [0.717, 1.165) is 4.68 Å². The first-order valence-corrected chi connectivity index (χ1v) is 9.84. The minimum absolute atomic E-state index is 0.0823. The molecule has 2 N–H and O–H groups in total. The number of aromatic nitrogens is 2. The molecule has 0 aliphatic carbocycles. The van der Waals surface area contributed by atoms with Crippen LogP contribution in [0.1, 0.15) is 56.9 Å². The normalized spacial score (nSPS) is 11.6. The van der Waals surface area contributed by atoms with Crippen molar-refractivity contribution in [3.63, 3.8) is 0 Å². The maximum Gasteiger partial charge on any atom is 0.335 e. The van der Waals surface area contributed by atoms with Crippen LogP contribution in [-0.4, -0.2) is 26.8 Å². The van der Waals surface area contributed by atoms with Crippen LogP contribution < -0.4 is 10.1 Å². The van der Waals surface area contributed by atoms with Crippen LogP contribution in [0.5, 0.6) is 11.6 Å². The van der Waals surface area contributed by atoms with Gasteiger partial charge in [-0.25, -0.2) is 18.3 Å². The summed E-state index contributed by atoms with van der Waals surface area (Å²) in [6.45, 7) is 1.64. The first kappa shape index (κ1) is 23.4. The van der Waals surface area contributed by atoms with Crippen molar-refractivity contribution in [2.45, 2.75) is 25.8 Å². The number of carbonyl (C=O) groups is 2. The number of alkyl halides is 2. The maximum atomic E-state index is 13.7. The Bertz CT molecular complexity index is 1220. The van der Waals surface area contributed by atoms with Gasteiger partial charge in [0, 0.05) is 7.05 Å². The molecule has 0 radical (unpaired) electrons. The van der Waals surface area contributed by atoms with E-state index in [1.807, 2.05) is 6.07 Å². The van der Waals surface area contributed by atoms with Crippen LogP contribution in [0.4, 0.5) is 8.78 Å². The number of aryl methyl sites for hydroxylation is 1. The summed E-state index contributed by atoms with van der Waals surface area (Å²) in [5, 5.41) is 24.3. The lowest BCUT2D eigenvalue weighted by Gasteiger charge is -2.16. The van der Waals surface area contributed by atoms with Crippen LogP contribution in [0, 0.1) is 11.3 Å². The maximum absolute atomic E-state index is 13.7.